The molecule has 0 aromatic heterocycles. The predicted octanol–water partition coefficient (Wildman–Crippen LogP) is 1.47. The van der Waals surface area contributed by atoms with E-state index >= 15 is 0 Å². The molecule has 7 atom stereocenters. The molecule has 0 aromatic carbocycles. The van der Waals surface area contributed by atoms with Gasteiger partial charge in [0.2, 0.25) is 0 Å². The Kier molecular flexibility index (Phi) is 3.86. The molecule has 1 aliphatic heterocycles. The minimum Gasteiger partial charge on any atom is -0.461 e. The number of carbonyl (C=O) groups is 1. The SMILES string of the molecule is C[C@@H]1C(=O)O[C@@H]2[C@H]1CC[C@]1(C)[C@@H]2[C@](C)(O)CC[C@H]1OS(C)(=O)=O. The molecule has 3 fully saturated rings. The third kappa shape index (κ3) is 2.70. The Balaban J connectivity index is 1.99. The van der Waals surface area contributed by atoms with Crippen LogP contribution in [0.15, 0.2) is 0 Å². The van der Waals surface area contributed by atoms with Crippen LogP contribution in [0.1, 0.15) is 46.5 Å². The number of carbonyl (C=O) groups excluding carboxylic acids is 1. The first kappa shape index (κ1) is 17.2. The van der Waals surface area contributed by atoms with Crippen LogP contribution in [0.25, 0.3) is 0 Å². The smallest absolute Gasteiger partial charge is 0.309 e. The molecule has 132 valence electrons. The lowest BCUT2D eigenvalue weighted by Gasteiger charge is -2.58. The van der Waals surface area contributed by atoms with E-state index in [0.29, 0.717) is 12.8 Å². The second-order valence-electron chi connectivity index (χ2n) is 8.06. The number of ether oxygens (including phenoxy) is 1. The van der Waals surface area contributed by atoms with E-state index in [1.807, 2.05) is 13.8 Å². The lowest BCUT2D eigenvalue weighted by atomic mass is 9.51. The normalized spacial score (nSPS) is 50.1. The van der Waals surface area contributed by atoms with Crippen LogP contribution >= 0.6 is 0 Å². The van der Waals surface area contributed by atoms with Crippen LogP contribution in [0.3, 0.4) is 0 Å². The van der Waals surface area contributed by atoms with E-state index in [1.165, 1.54) is 0 Å². The van der Waals surface area contributed by atoms with Crippen LogP contribution in [0.5, 0.6) is 0 Å². The number of rotatable bonds is 2. The molecule has 1 saturated heterocycles. The maximum absolute atomic E-state index is 12.0. The quantitative estimate of drug-likeness (QED) is 0.601. The van der Waals surface area contributed by atoms with Gasteiger partial charge in [0, 0.05) is 17.3 Å². The average Bonchev–Trinajstić information content (AvgIpc) is 2.67. The highest BCUT2D eigenvalue weighted by Gasteiger charge is 2.64. The summed E-state index contributed by atoms with van der Waals surface area (Å²) in [6.45, 7) is 5.61. The van der Waals surface area contributed by atoms with Gasteiger partial charge in [-0.25, -0.2) is 0 Å². The van der Waals surface area contributed by atoms with Crippen LogP contribution in [0, 0.1) is 23.2 Å². The van der Waals surface area contributed by atoms with E-state index in [9.17, 15) is 18.3 Å². The predicted molar refractivity (Wildman–Crippen MR) is 82.9 cm³/mol. The molecule has 3 aliphatic rings. The van der Waals surface area contributed by atoms with Gasteiger partial charge in [-0.15, -0.1) is 0 Å². The zero-order valence-corrected chi connectivity index (χ0v) is 14.9. The Morgan fingerprint density at radius 2 is 1.91 bits per heavy atom. The van der Waals surface area contributed by atoms with Gasteiger partial charge >= 0.3 is 5.97 Å². The first-order chi connectivity index (χ1) is 10.5. The van der Waals surface area contributed by atoms with Crippen LogP contribution in [-0.2, 0) is 23.8 Å². The number of hydrogen-bond acceptors (Lipinski definition) is 6. The van der Waals surface area contributed by atoms with Crippen molar-refractivity contribution >= 4 is 16.1 Å². The molecular formula is C16H26O6S. The van der Waals surface area contributed by atoms with Gasteiger partial charge in [-0.2, -0.15) is 8.42 Å². The molecule has 2 aliphatic carbocycles. The summed E-state index contributed by atoms with van der Waals surface area (Å²) in [5, 5.41) is 11.0. The molecule has 0 spiro atoms. The van der Waals surface area contributed by atoms with Crippen molar-refractivity contribution in [2.45, 2.75) is 64.3 Å². The second kappa shape index (κ2) is 5.17. The minimum absolute atomic E-state index is 0.0871. The van der Waals surface area contributed by atoms with Gasteiger partial charge < -0.3 is 9.84 Å². The molecule has 0 bridgehead atoms. The summed E-state index contributed by atoms with van der Waals surface area (Å²) in [6.07, 6.45) is 2.62. The molecule has 0 radical (unpaired) electrons. The van der Waals surface area contributed by atoms with Gasteiger partial charge in [-0.3, -0.25) is 8.98 Å². The van der Waals surface area contributed by atoms with Crippen LogP contribution in [0.2, 0.25) is 0 Å². The minimum atomic E-state index is -3.58. The van der Waals surface area contributed by atoms with E-state index < -0.39 is 27.2 Å². The molecule has 1 heterocycles. The summed E-state index contributed by atoms with van der Waals surface area (Å²) in [5.41, 5.74) is -1.53. The Morgan fingerprint density at radius 1 is 1.26 bits per heavy atom. The first-order valence-electron chi connectivity index (χ1n) is 8.27. The Hall–Kier alpha value is -0.660. The number of fused-ring (bicyclic) bond motifs is 3. The molecule has 0 unspecified atom stereocenters. The van der Waals surface area contributed by atoms with Crippen molar-refractivity contribution in [2.24, 2.45) is 23.2 Å². The summed E-state index contributed by atoms with van der Waals surface area (Å²) < 4.78 is 34.3. The summed E-state index contributed by atoms with van der Waals surface area (Å²) in [4.78, 5) is 12.0. The molecule has 23 heavy (non-hydrogen) atoms. The number of hydrogen-bond donors (Lipinski definition) is 1. The summed E-state index contributed by atoms with van der Waals surface area (Å²) in [7, 11) is -3.58. The Bertz CT molecular complexity index is 612. The summed E-state index contributed by atoms with van der Waals surface area (Å²) >= 11 is 0. The largest absolute Gasteiger partial charge is 0.461 e. The van der Waals surface area contributed by atoms with Crippen molar-refractivity contribution in [1.82, 2.24) is 0 Å². The van der Waals surface area contributed by atoms with Gasteiger partial charge in [0.15, 0.2) is 0 Å². The third-order valence-electron chi connectivity index (χ3n) is 6.35. The second-order valence-corrected chi connectivity index (χ2v) is 9.66. The van der Waals surface area contributed by atoms with E-state index in [0.717, 1.165) is 19.1 Å². The molecule has 0 amide bonds. The molecule has 7 heteroatoms. The highest BCUT2D eigenvalue weighted by molar-refractivity contribution is 7.86. The molecule has 0 aromatic rings. The fraction of sp³-hybridized carbons (Fsp3) is 0.938. The molecule has 1 N–H and O–H groups in total. The number of esters is 1. The maximum atomic E-state index is 12.0. The van der Waals surface area contributed by atoms with Crippen LogP contribution < -0.4 is 0 Å². The van der Waals surface area contributed by atoms with Crippen molar-refractivity contribution in [3.8, 4) is 0 Å². The first-order valence-corrected chi connectivity index (χ1v) is 10.1. The Morgan fingerprint density at radius 3 is 2.52 bits per heavy atom. The Labute approximate surface area is 137 Å². The van der Waals surface area contributed by atoms with Crippen molar-refractivity contribution in [3.05, 3.63) is 0 Å². The van der Waals surface area contributed by atoms with Gasteiger partial charge in [-0.1, -0.05) is 13.8 Å². The van der Waals surface area contributed by atoms with Crippen molar-refractivity contribution in [1.29, 1.82) is 0 Å². The molecule has 6 nitrogen and oxygen atoms in total. The maximum Gasteiger partial charge on any atom is 0.309 e. The molecule has 2 saturated carbocycles. The summed E-state index contributed by atoms with van der Waals surface area (Å²) in [5.74, 6) is -0.616. The van der Waals surface area contributed by atoms with Crippen LogP contribution in [-0.4, -0.2) is 43.6 Å². The average molecular weight is 346 g/mol. The van der Waals surface area contributed by atoms with Crippen LogP contribution in [0.4, 0.5) is 0 Å². The van der Waals surface area contributed by atoms with Gasteiger partial charge in [0.05, 0.1) is 23.9 Å². The van der Waals surface area contributed by atoms with E-state index in [4.69, 9.17) is 8.92 Å². The summed E-state index contributed by atoms with van der Waals surface area (Å²) in [6, 6.07) is 0. The zero-order valence-electron chi connectivity index (χ0n) is 14.1. The standard InChI is InChI=1S/C16H26O6S/c1-9-10-5-7-15(2)11(22-23(4,19)20)6-8-16(3,18)13(15)12(10)21-14(9)17/h9-13,18H,5-8H2,1-4H3/t9-,10-,11+,12+,13+,15-,16+/m0/s1. The lowest BCUT2D eigenvalue weighted by molar-refractivity contribution is -0.206. The highest BCUT2D eigenvalue weighted by Crippen LogP contribution is 2.59. The van der Waals surface area contributed by atoms with E-state index in [2.05, 4.69) is 0 Å². The monoisotopic (exact) mass is 346 g/mol. The van der Waals surface area contributed by atoms with Gasteiger partial charge in [0.25, 0.3) is 10.1 Å². The van der Waals surface area contributed by atoms with E-state index in [1.54, 1.807) is 6.92 Å². The molecular weight excluding hydrogens is 320 g/mol. The van der Waals surface area contributed by atoms with Crippen molar-refractivity contribution < 1.29 is 27.2 Å². The topological polar surface area (TPSA) is 89.9 Å². The third-order valence-corrected chi connectivity index (χ3v) is 6.93. The zero-order chi connectivity index (χ0) is 17.2. The highest BCUT2D eigenvalue weighted by atomic mass is 32.2. The van der Waals surface area contributed by atoms with Crippen molar-refractivity contribution in [2.75, 3.05) is 6.26 Å². The van der Waals surface area contributed by atoms with E-state index in [-0.39, 0.29) is 29.8 Å². The lowest BCUT2D eigenvalue weighted by Crippen LogP contribution is -2.63. The van der Waals surface area contributed by atoms with Gasteiger partial charge in [0.1, 0.15) is 6.10 Å². The number of aliphatic hydroxyl groups is 1. The van der Waals surface area contributed by atoms with Gasteiger partial charge in [-0.05, 0) is 32.6 Å². The van der Waals surface area contributed by atoms with Crippen molar-refractivity contribution in [3.63, 3.8) is 0 Å². The fourth-order valence-corrected chi connectivity index (χ4v) is 5.97. The molecule has 3 rings (SSSR count). The fourth-order valence-electron chi connectivity index (χ4n) is 5.23.